The van der Waals surface area contributed by atoms with Gasteiger partial charge < -0.3 is 13.9 Å². The Balaban J connectivity index is 2.30. The van der Waals surface area contributed by atoms with Crippen molar-refractivity contribution in [3.8, 4) is 0 Å². The van der Waals surface area contributed by atoms with Crippen LogP contribution in [0.2, 0.25) is 0 Å². The monoisotopic (exact) mass is 459 g/mol. The van der Waals surface area contributed by atoms with Gasteiger partial charge in [0.05, 0.1) is 32.1 Å². The third-order valence-corrected chi connectivity index (χ3v) is 5.57. The minimum Gasteiger partial charge on any atom is -0.469 e. The summed E-state index contributed by atoms with van der Waals surface area (Å²) in [6.45, 7) is 1.51. The second-order valence-corrected chi connectivity index (χ2v) is 8.08. The van der Waals surface area contributed by atoms with Gasteiger partial charge in [0.15, 0.2) is 4.67 Å². The SMILES string of the molecule is COC(=O)Cc1cc(C)ccc1S(=O)(=O)NCc1oc(Br)cc1C(=O)OC. The number of carbonyl (C=O) groups excluding carboxylic acids is 2. The summed E-state index contributed by atoms with van der Waals surface area (Å²) in [4.78, 5) is 23.3. The molecular formula is C17H18BrNO7S. The summed E-state index contributed by atoms with van der Waals surface area (Å²) in [6, 6.07) is 6.03. The molecule has 0 amide bonds. The van der Waals surface area contributed by atoms with Gasteiger partial charge in [-0.3, -0.25) is 4.79 Å². The van der Waals surface area contributed by atoms with E-state index in [0.717, 1.165) is 5.56 Å². The quantitative estimate of drug-likeness (QED) is 0.632. The van der Waals surface area contributed by atoms with E-state index in [2.05, 4.69) is 30.1 Å². The number of sulfonamides is 1. The molecule has 0 aliphatic heterocycles. The molecule has 0 spiro atoms. The summed E-state index contributed by atoms with van der Waals surface area (Å²) >= 11 is 3.10. The van der Waals surface area contributed by atoms with Crippen LogP contribution in [0.25, 0.3) is 0 Å². The Morgan fingerprint density at radius 3 is 2.52 bits per heavy atom. The Morgan fingerprint density at radius 1 is 1.19 bits per heavy atom. The van der Waals surface area contributed by atoms with Gasteiger partial charge in [0.1, 0.15) is 11.3 Å². The summed E-state index contributed by atoms with van der Waals surface area (Å²) in [5.41, 5.74) is 1.21. The van der Waals surface area contributed by atoms with E-state index in [4.69, 9.17) is 4.42 Å². The molecule has 0 unspecified atom stereocenters. The number of aryl methyl sites for hydroxylation is 1. The van der Waals surface area contributed by atoms with Crippen molar-refractivity contribution in [2.45, 2.75) is 24.8 Å². The Bertz CT molecular complexity index is 966. The van der Waals surface area contributed by atoms with E-state index in [9.17, 15) is 18.0 Å². The van der Waals surface area contributed by atoms with Gasteiger partial charge in [0, 0.05) is 6.07 Å². The van der Waals surface area contributed by atoms with Crippen LogP contribution in [0.15, 0.2) is 38.2 Å². The zero-order chi connectivity index (χ0) is 20.2. The third kappa shape index (κ3) is 5.18. The van der Waals surface area contributed by atoms with Crippen LogP contribution in [0.3, 0.4) is 0 Å². The fourth-order valence-electron chi connectivity index (χ4n) is 2.38. The number of methoxy groups -OCH3 is 2. The molecule has 0 radical (unpaired) electrons. The lowest BCUT2D eigenvalue weighted by molar-refractivity contribution is -0.139. The molecule has 2 aromatic rings. The van der Waals surface area contributed by atoms with Gasteiger partial charge in [0.2, 0.25) is 10.0 Å². The number of rotatable bonds is 7. The van der Waals surface area contributed by atoms with Crippen molar-refractivity contribution in [2.75, 3.05) is 14.2 Å². The predicted octanol–water partition coefficient (Wildman–Crippen LogP) is 2.33. The predicted molar refractivity (Wildman–Crippen MR) is 98.7 cm³/mol. The van der Waals surface area contributed by atoms with E-state index in [1.807, 2.05) is 0 Å². The number of benzene rings is 1. The zero-order valence-electron chi connectivity index (χ0n) is 14.9. The largest absolute Gasteiger partial charge is 0.469 e. The number of halogens is 1. The summed E-state index contributed by atoms with van der Waals surface area (Å²) < 4.78 is 42.7. The van der Waals surface area contributed by atoms with Gasteiger partial charge in [-0.1, -0.05) is 17.7 Å². The zero-order valence-corrected chi connectivity index (χ0v) is 17.3. The van der Waals surface area contributed by atoms with Gasteiger partial charge in [0.25, 0.3) is 0 Å². The molecule has 1 aromatic carbocycles. The first-order chi connectivity index (χ1) is 12.7. The minimum atomic E-state index is -3.98. The maximum atomic E-state index is 12.7. The Labute approximate surface area is 165 Å². The number of hydrogen-bond acceptors (Lipinski definition) is 7. The fourth-order valence-corrected chi connectivity index (χ4v) is 4.01. The molecule has 0 aliphatic carbocycles. The first-order valence-corrected chi connectivity index (χ1v) is 9.98. The maximum Gasteiger partial charge on any atom is 0.341 e. The summed E-state index contributed by atoms with van der Waals surface area (Å²) in [7, 11) is -1.54. The first-order valence-electron chi connectivity index (χ1n) is 7.70. The standard InChI is InChI=1S/C17H18BrNO7S/c1-10-4-5-14(11(6-10)7-16(20)24-2)27(22,23)19-9-13-12(17(21)25-3)8-15(18)26-13/h4-6,8,19H,7,9H2,1-3H3. The average Bonchev–Trinajstić information content (AvgIpc) is 3.00. The normalized spacial score (nSPS) is 11.3. The Hall–Kier alpha value is -2.17. The van der Waals surface area contributed by atoms with Crippen LogP contribution in [-0.2, 0) is 37.3 Å². The van der Waals surface area contributed by atoms with Crippen LogP contribution in [0, 0.1) is 6.92 Å². The highest BCUT2D eigenvalue weighted by Crippen LogP contribution is 2.23. The molecule has 0 aliphatic rings. The van der Waals surface area contributed by atoms with Crippen LogP contribution in [0.4, 0.5) is 0 Å². The van der Waals surface area contributed by atoms with Crippen LogP contribution in [-0.4, -0.2) is 34.6 Å². The van der Waals surface area contributed by atoms with Gasteiger partial charge in [-0.25, -0.2) is 17.9 Å². The molecule has 27 heavy (non-hydrogen) atoms. The molecular weight excluding hydrogens is 442 g/mol. The molecule has 146 valence electrons. The second kappa shape index (κ2) is 8.68. The molecule has 0 atom stereocenters. The molecule has 2 rings (SSSR count). The maximum absolute atomic E-state index is 12.7. The van der Waals surface area contributed by atoms with E-state index in [1.165, 1.54) is 26.4 Å². The van der Waals surface area contributed by atoms with Crippen molar-refractivity contribution in [3.63, 3.8) is 0 Å². The van der Waals surface area contributed by atoms with Crippen molar-refractivity contribution in [1.29, 1.82) is 0 Å². The topological polar surface area (TPSA) is 112 Å². The van der Waals surface area contributed by atoms with E-state index in [1.54, 1.807) is 19.1 Å². The number of ether oxygens (including phenoxy) is 2. The van der Waals surface area contributed by atoms with Crippen molar-refractivity contribution < 1.29 is 31.9 Å². The second-order valence-electron chi connectivity index (χ2n) is 5.57. The lowest BCUT2D eigenvalue weighted by Crippen LogP contribution is -2.25. The number of esters is 2. The van der Waals surface area contributed by atoms with Crippen LogP contribution in [0.5, 0.6) is 0 Å². The summed E-state index contributed by atoms with van der Waals surface area (Å²) in [5, 5.41) is 0. The van der Waals surface area contributed by atoms with Gasteiger partial charge in [-0.15, -0.1) is 0 Å². The van der Waals surface area contributed by atoms with Crippen molar-refractivity contribution >= 4 is 37.9 Å². The van der Waals surface area contributed by atoms with Crippen LogP contribution in [0.1, 0.15) is 27.2 Å². The first kappa shape index (κ1) is 21.1. The molecule has 1 N–H and O–H groups in total. The number of furan rings is 1. The molecule has 10 heteroatoms. The number of nitrogens with one attached hydrogen (secondary N) is 1. The van der Waals surface area contributed by atoms with Crippen molar-refractivity contribution in [1.82, 2.24) is 4.72 Å². The van der Waals surface area contributed by atoms with E-state index >= 15 is 0 Å². The van der Waals surface area contributed by atoms with Gasteiger partial charge >= 0.3 is 11.9 Å². The van der Waals surface area contributed by atoms with E-state index < -0.39 is 22.0 Å². The molecule has 1 aromatic heterocycles. The van der Waals surface area contributed by atoms with Crippen molar-refractivity contribution in [3.05, 3.63) is 51.4 Å². The van der Waals surface area contributed by atoms with Gasteiger partial charge in [-0.2, -0.15) is 0 Å². The molecule has 0 fully saturated rings. The number of carbonyl (C=O) groups is 2. The Kier molecular flexibility index (Phi) is 6.79. The molecule has 8 nitrogen and oxygen atoms in total. The molecule has 0 bridgehead atoms. The average molecular weight is 460 g/mol. The third-order valence-electron chi connectivity index (χ3n) is 3.67. The summed E-state index contributed by atoms with van der Waals surface area (Å²) in [5.74, 6) is -1.11. The number of hydrogen-bond donors (Lipinski definition) is 1. The van der Waals surface area contributed by atoms with Crippen LogP contribution < -0.4 is 4.72 Å². The molecule has 0 saturated heterocycles. The highest BCUT2D eigenvalue weighted by Gasteiger charge is 2.23. The van der Waals surface area contributed by atoms with Gasteiger partial charge in [-0.05, 0) is 34.5 Å². The highest BCUT2D eigenvalue weighted by atomic mass is 79.9. The fraction of sp³-hybridized carbons (Fsp3) is 0.294. The molecule has 1 heterocycles. The lowest BCUT2D eigenvalue weighted by Gasteiger charge is -2.12. The smallest absolute Gasteiger partial charge is 0.341 e. The Morgan fingerprint density at radius 2 is 1.89 bits per heavy atom. The summed E-state index contributed by atoms with van der Waals surface area (Å²) in [6.07, 6.45) is -0.186. The lowest BCUT2D eigenvalue weighted by atomic mass is 10.1. The van der Waals surface area contributed by atoms with Crippen LogP contribution >= 0.6 is 15.9 Å². The van der Waals surface area contributed by atoms with E-state index in [0.29, 0.717) is 5.56 Å². The molecule has 0 saturated carbocycles. The highest BCUT2D eigenvalue weighted by molar-refractivity contribution is 9.10. The van der Waals surface area contributed by atoms with Crippen molar-refractivity contribution in [2.24, 2.45) is 0 Å². The minimum absolute atomic E-state index is 0.0521. The van der Waals surface area contributed by atoms with E-state index in [-0.39, 0.29) is 33.9 Å².